The molecule has 1 aromatic heterocycles. The third-order valence-corrected chi connectivity index (χ3v) is 5.21. The summed E-state index contributed by atoms with van der Waals surface area (Å²) in [5.74, 6) is 0.431. The van der Waals surface area contributed by atoms with Crippen molar-refractivity contribution in [2.24, 2.45) is 0 Å². The molecule has 1 heterocycles. The molecule has 0 bridgehead atoms. The van der Waals surface area contributed by atoms with Crippen LogP contribution in [0.4, 0.5) is 0 Å². The van der Waals surface area contributed by atoms with Gasteiger partial charge in [-0.1, -0.05) is 6.07 Å². The number of aromatic nitrogens is 2. The van der Waals surface area contributed by atoms with Gasteiger partial charge in [0.1, 0.15) is 0 Å². The molecule has 0 unspecified atom stereocenters. The van der Waals surface area contributed by atoms with Gasteiger partial charge in [-0.25, -0.2) is 9.78 Å². The average Bonchev–Trinajstić information content (AvgIpc) is 3.04. The van der Waals surface area contributed by atoms with Gasteiger partial charge in [0.2, 0.25) is 0 Å². The smallest absolute Gasteiger partial charge is 0.358 e. The molecule has 2 aromatic rings. The standard InChI is InChI=1S/C19H26N2O3S/c1-5-24-19(23)17-11-21(12-20-17)18(15(4)22)8-9-25-16-7-6-13(2)14(3)10-16/h6-7,10-12,15,18,22H,5,8-9H2,1-4H3/t15-,18+/m0/s1. The Morgan fingerprint density at radius 2 is 2.12 bits per heavy atom. The molecule has 0 amide bonds. The van der Waals surface area contributed by atoms with Crippen molar-refractivity contribution in [2.75, 3.05) is 12.4 Å². The summed E-state index contributed by atoms with van der Waals surface area (Å²) in [6.07, 6.45) is 3.47. The van der Waals surface area contributed by atoms with E-state index in [4.69, 9.17) is 4.74 Å². The molecule has 0 radical (unpaired) electrons. The van der Waals surface area contributed by atoms with Crippen molar-refractivity contribution in [3.63, 3.8) is 0 Å². The molecule has 0 saturated carbocycles. The molecule has 6 heteroatoms. The molecular formula is C19H26N2O3S. The summed E-state index contributed by atoms with van der Waals surface area (Å²) >= 11 is 1.77. The summed E-state index contributed by atoms with van der Waals surface area (Å²) in [6.45, 7) is 8.05. The number of aryl methyl sites for hydroxylation is 2. The number of aliphatic hydroxyl groups excluding tert-OH is 1. The van der Waals surface area contributed by atoms with Gasteiger partial charge < -0.3 is 14.4 Å². The van der Waals surface area contributed by atoms with E-state index in [1.807, 2.05) is 0 Å². The van der Waals surface area contributed by atoms with E-state index >= 15 is 0 Å². The minimum absolute atomic E-state index is 0.130. The zero-order chi connectivity index (χ0) is 18.4. The number of benzene rings is 1. The SMILES string of the molecule is CCOC(=O)c1cn([C@H](CCSc2ccc(C)c(C)c2)[C@H](C)O)cn1. The van der Waals surface area contributed by atoms with E-state index in [0.717, 1.165) is 12.2 Å². The van der Waals surface area contributed by atoms with E-state index in [2.05, 4.69) is 37.0 Å². The maximum atomic E-state index is 11.7. The van der Waals surface area contributed by atoms with Crippen LogP contribution in [0, 0.1) is 13.8 Å². The van der Waals surface area contributed by atoms with Crippen LogP contribution in [-0.4, -0.2) is 39.1 Å². The van der Waals surface area contributed by atoms with Gasteiger partial charge in [0, 0.05) is 16.8 Å². The monoisotopic (exact) mass is 362 g/mol. The highest BCUT2D eigenvalue weighted by Crippen LogP contribution is 2.26. The lowest BCUT2D eigenvalue weighted by atomic mass is 10.1. The number of aliphatic hydroxyl groups is 1. The van der Waals surface area contributed by atoms with Crippen LogP contribution >= 0.6 is 11.8 Å². The Labute approximate surface area is 153 Å². The average molecular weight is 362 g/mol. The van der Waals surface area contributed by atoms with Crippen molar-refractivity contribution in [1.29, 1.82) is 0 Å². The third-order valence-electron chi connectivity index (χ3n) is 4.19. The van der Waals surface area contributed by atoms with Crippen LogP contribution in [0.1, 0.15) is 47.9 Å². The highest BCUT2D eigenvalue weighted by atomic mass is 32.2. The van der Waals surface area contributed by atoms with E-state index in [0.29, 0.717) is 6.61 Å². The molecule has 0 aliphatic carbocycles. The fourth-order valence-corrected chi connectivity index (χ4v) is 3.59. The minimum Gasteiger partial charge on any atom is -0.461 e. The second kappa shape index (κ2) is 9.06. The number of esters is 1. The number of thioether (sulfide) groups is 1. The largest absolute Gasteiger partial charge is 0.461 e. The fraction of sp³-hybridized carbons (Fsp3) is 0.474. The number of rotatable bonds is 8. The van der Waals surface area contributed by atoms with Gasteiger partial charge in [0.25, 0.3) is 0 Å². The van der Waals surface area contributed by atoms with Crippen LogP contribution in [0.5, 0.6) is 0 Å². The molecular weight excluding hydrogens is 336 g/mol. The Hall–Kier alpha value is -1.79. The molecule has 2 atom stereocenters. The summed E-state index contributed by atoms with van der Waals surface area (Å²) < 4.78 is 6.76. The zero-order valence-electron chi connectivity index (χ0n) is 15.2. The van der Waals surface area contributed by atoms with E-state index in [-0.39, 0.29) is 11.7 Å². The normalized spacial score (nSPS) is 13.5. The van der Waals surface area contributed by atoms with Crippen LogP contribution in [0.3, 0.4) is 0 Å². The molecule has 25 heavy (non-hydrogen) atoms. The number of hydrogen-bond acceptors (Lipinski definition) is 5. The maximum Gasteiger partial charge on any atom is 0.358 e. The second-order valence-corrected chi connectivity index (χ2v) is 7.29. The lowest BCUT2D eigenvalue weighted by Crippen LogP contribution is -2.21. The number of imidazole rings is 1. The van der Waals surface area contributed by atoms with Gasteiger partial charge in [-0.3, -0.25) is 0 Å². The number of carbonyl (C=O) groups excluding carboxylic acids is 1. The number of hydrogen-bond donors (Lipinski definition) is 1. The first kappa shape index (κ1) is 19.5. The van der Waals surface area contributed by atoms with Crippen molar-refractivity contribution >= 4 is 17.7 Å². The van der Waals surface area contributed by atoms with Gasteiger partial charge in [0.05, 0.1) is 25.1 Å². The van der Waals surface area contributed by atoms with Gasteiger partial charge >= 0.3 is 5.97 Å². The summed E-state index contributed by atoms with van der Waals surface area (Å²) in [5.41, 5.74) is 2.84. The zero-order valence-corrected chi connectivity index (χ0v) is 16.0. The lowest BCUT2D eigenvalue weighted by molar-refractivity contribution is 0.0519. The van der Waals surface area contributed by atoms with Gasteiger partial charge in [-0.05, 0) is 57.4 Å². The summed E-state index contributed by atoms with van der Waals surface area (Å²) in [4.78, 5) is 17.1. The lowest BCUT2D eigenvalue weighted by Gasteiger charge is -2.21. The Kier molecular flexibility index (Phi) is 7.08. The molecule has 5 nitrogen and oxygen atoms in total. The second-order valence-electron chi connectivity index (χ2n) is 6.12. The van der Waals surface area contributed by atoms with Crippen molar-refractivity contribution in [3.8, 4) is 0 Å². The Balaban J connectivity index is 1.99. The summed E-state index contributed by atoms with van der Waals surface area (Å²) in [5, 5.41) is 10.1. The fourth-order valence-electron chi connectivity index (χ4n) is 2.57. The predicted octanol–water partition coefficient (Wildman–Crippen LogP) is 3.78. The highest BCUT2D eigenvalue weighted by molar-refractivity contribution is 7.99. The predicted molar refractivity (Wildman–Crippen MR) is 100 cm³/mol. The van der Waals surface area contributed by atoms with Crippen LogP contribution in [0.25, 0.3) is 0 Å². The molecule has 1 aromatic carbocycles. The van der Waals surface area contributed by atoms with E-state index in [1.54, 1.807) is 42.7 Å². The quantitative estimate of drug-likeness (QED) is 0.572. The summed E-state index contributed by atoms with van der Waals surface area (Å²) in [6, 6.07) is 6.31. The molecule has 0 aliphatic rings. The molecule has 0 saturated heterocycles. The van der Waals surface area contributed by atoms with E-state index < -0.39 is 12.1 Å². The van der Waals surface area contributed by atoms with Crippen LogP contribution < -0.4 is 0 Å². The molecule has 1 N–H and O–H groups in total. The van der Waals surface area contributed by atoms with E-state index in [1.165, 1.54) is 16.0 Å². The van der Waals surface area contributed by atoms with Gasteiger partial charge in [-0.15, -0.1) is 11.8 Å². The van der Waals surface area contributed by atoms with Crippen LogP contribution in [-0.2, 0) is 4.74 Å². The Morgan fingerprint density at radius 1 is 1.36 bits per heavy atom. The first-order chi connectivity index (χ1) is 11.9. The van der Waals surface area contributed by atoms with Crippen LogP contribution in [0.15, 0.2) is 35.6 Å². The number of ether oxygens (including phenoxy) is 1. The van der Waals surface area contributed by atoms with Crippen molar-refractivity contribution in [1.82, 2.24) is 9.55 Å². The van der Waals surface area contributed by atoms with Crippen LogP contribution in [0.2, 0.25) is 0 Å². The molecule has 2 rings (SSSR count). The van der Waals surface area contributed by atoms with Gasteiger partial charge in [0.15, 0.2) is 5.69 Å². The summed E-state index contributed by atoms with van der Waals surface area (Å²) in [7, 11) is 0. The molecule has 0 fully saturated rings. The molecule has 0 aliphatic heterocycles. The Bertz CT molecular complexity index is 712. The first-order valence-corrected chi connectivity index (χ1v) is 9.49. The van der Waals surface area contributed by atoms with Crippen molar-refractivity contribution < 1.29 is 14.6 Å². The number of carbonyl (C=O) groups is 1. The Morgan fingerprint density at radius 3 is 2.76 bits per heavy atom. The van der Waals surface area contributed by atoms with Gasteiger partial charge in [-0.2, -0.15) is 0 Å². The first-order valence-electron chi connectivity index (χ1n) is 8.51. The molecule has 136 valence electrons. The topological polar surface area (TPSA) is 64.3 Å². The molecule has 0 spiro atoms. The number of nitrogens with zero attached hydrogens (tertiary/aromatic N) is 2. The van der Waals surface area contributed by atoms with Crippen molar-refractivity contribution in [3.05, 3.63) is 47.5 Å². The third kappa shape index (κ3) is 5.34. The van der Waals surface area contributed by atoms with Crippen molar-refractivity contribution in [2.45, 2.75) is 51.2 Å². The highest BCUT2D eigenvalue weighted by Gasteiger charge is 2.19. The minimum atomic E-state index is -0.537. The van der Waals surface area contributed by atoms with E-state index in [9.17, 15) is 9.90 Å². The maximum absolute atomic E-state index is 11.7.